The predicted octanol–water partition coefficient (Wildman–Crippen LogP) is 1.53. The van der Waals surface area contributed by atoms with Gasteiger partial charge in [-0.25, -0.2) is 0 Å². The monoisotopic (exact) mass is 229 g/mol. The predicted molar refractivity (Wildman–Crippen MR) is 63.2 cm³/mol. The smallest absolute Gasteiger partial charge is 0.220 e. The van der Waals surface area contributed by atoms with E-state index in [0.29, 0.717) is 31.9 Å². The van der Waals surface area contributed by atoms with Gasteiger partial charge in [0.25, 0.3) is 0 Å². The van der Waals surface area contributed by atoms with Gasteiger partial charge < -0.3 is 14.8 Å². The highest BCUT2D eigenvalue weighted by Gasteiger charge is 2.02. The zero-order chi connectivity index (χ0) is 12.4. The fourth-order valence-corrected chi connectivity index (χ4v) is 1.10. The van der Waals surface area contributed by atoms with Crippen molar-refractivity contribution in [3.63, 3.8) is 0 Å². The molecule has 0 aromatic rings. The lowest BCUT2D eigenvalue weighted by Gasteiger charge is -2.07. The van der Waals surface area contributed by atoms with Gasteiger partial charge in [0.2, 0.25) is 5.91 Å². The molecule has 16 heavy (non-hydrogen) atoms. The first-order valence-corrected chi connectivity index (χ1v) is 5.86. The number of Topliss-reactive ketones (excluding diaryl/α,β-unsaturated/α-hetero) is 1. The molecule has 0 aliphatic carbocycles. The highest BCUT2D eigenvalue weighted by atomic mass is 16.5. The number of carbonyl (C=O) groups is 2. The molecule has 0 heterocycles. The number of rotatable bonds is 9. The van der Waals surface area contributed by atoms with Crippen LogP contribution in [0.4, 0.5) is 0 Å². The molecule has 0 saturated carbocycles. The number of ether oxygens (including phenoxy) is 1. The third kappa shape index (κ3) is 11.2. The molecule has 0 aromatic heterocycles. The number of nitrogens with one attached hydrogen (secondary N) is 1. The van der Waals surface area contributed by atoms with Crippen LogP contribution in [0.5, 0.6) is 0 Å². The Morgan fingerprint density at radius 2 is 1.94 bits per heavy atom. The molecule has 1 N–H and O–H groups in total. The minimum Gasteiger partial charge on any atom is -0.381 e. The molecule has 4 nitrogen and oxygen atoms in total. The first-order chi connectivity index (χ1) is 7.52. The van der Waals surface area contributed by atoms with Gasteiger partial charge in [-0.05, 0) is 19.3 Å². The molecule has 0 unspecified atom stereocenters. The third-order valence-corrected chi connectivity index (χ3v) is 1.94. The van der Waals surface area contributed by atoms with Crippen molar-refractivity contribution in [2.75, 3.05) is 19.8 Å². The summed E-state index contributed by atoms with van der Waals surface area (Å²) in [6.07, 6.45) is 1.44. The summed E-state index contributed by atoms with van der Waals surface area (Å²) in [7, 11) is 0. The third-order valence-electron chi connectivity index (χ3n) is 1.94. The van der Waals surface area contributed by atoms with Gasteiger partial charge in [-0.3, -0.25) is 4.79 Å². The highest BCUT2D eigenvalue weighted by molar-refractivity contribution is 5.83. The number of amides is 1. The summed E-state index contributed by atoms with van der Waals surface area (Å²) < 4.78 is 5.37. The zero-order valence-corrected chi connectivity index (χ0v) is 10.5. The molecule has 0 spiro atoms. The van der Waals surface area contributed by atoms with Crippen molar-refractivity contribution >= 4 is 11.7 Å². The number of carbonyl (C=O) groups excluding carboxylic acids is 2. The van der Waals surface area contributed by atoms with Gasteiger partial charge in [0.1, 0.15) is 5.78 Å². The van der Waals surface area contributed by atoms with Gasteiger partial charge in [0.05, 0.1) is 0 Å². The molecule has 0 aliphatic rings. The van der Waals surface area contributed by atoms with Crippen LogP contribution in [-0.2, 0) is 14.3 Å². The van der Waals surface area contributed by atoms with Gasteiger partial charge >= 0.3 is 0 Å². The molecule has 4 heteroatoms. The second-order valence-corrected chi connectivity index (χ2v) is 4.37. The summed E-state index contributed by atoms with van der Waals surface area (Å²) in [6, 6.07) is 0. The van der Waals surface area contributed by atoms with Gasteiger partial charge in [0.15, 0.2) is 0 Å². The van der Waals surface area contributed by atoms with E-state index in [1.54, 1.807) is 0 Å². The van der Waals surface area contributed by atoms with E-state index in [9.17, 15) is 9.59 Å². The van der Waals surface area contributed by atoms with E-state index < -0.39 is 0 Å². The quantitative estimate of drug-likeness (QED) is 0.610. The number of hydrogen-bond acceptors (Lipinski definition) is 3. The van der Waals surface area contributed by atoms with E-state index in [-0.39, 0.29) is 11.7 Å². The normalized spacial score (nSPS) is 10.5. The fraction of sp³-hybridized carbons (Fsp3) is 0.833. The van der Waals surface area contributed by atoms with Crippen molar-refractivity contribution in [3.8, 4) is 0 Å². The molecule has 0 aliphatic heterocycles. The molecule has 0 fully saturated rings. The fourth-order valence-electron chi connectivity index (χ4n) is 1.10. The Bertz CT molecular complexity index is 214. The largest absolute Gasteiger partial charge is 0.381 e. The highest BCUT2D eigenvalue weighted by Crippen LogP contribution is 1.93. The number of hydrogen-bond donors (Lipinski definition) is 1. The molecular weight excluding hydrogens is 206 g/mol. The van der Waals surface area contributed by atoms with Crippen LogP contribution in [0, 0.1) is 5.92 Å². The lowest BCUT2D eigenvalue weighted by Crippen LogP contribution is -2.25. The molecular formula is C12H23NO3. The SMILES string of the molecule is CC(=O)CCC(=O)NCCCOCC(C)C. The summed E-state index contributed by atoms with van der Waals surface area (Å²) in [4.78, 5) is 21.8. The maximum absolute atomic E-state index is 11.2. The van der Waals surface area contributed by atoms with Gasteiger partial charge in [-0.2, -0.15) is 0 Å². The Kier molecular flexibility index (Phi) is 8.81. The lowest BCUT2D eigenvalue weighted by atomic mass is 10.2. The lowest BCUT2D eigenvalue weighted by molar-refractivity contribution is -0.124. The molecule has 0 saturated heterocycles. The molecule has 0 radical (unpaired) electrons. The maximum Gasteiger partial charge on any atom is 0.220 e. The minimum atomic E-state index is -0.0564. The van der Waals surface area contributed by atoms with Gasteiger partial charge in [0, 0.05) is 32.6 Å². The van der Waals surface area contributed by atoms with Gasteiger partial charge in [-0.1, -0.05) is 13.8 Å². The number of ketones is 1. The van der Waals surface area contributed by atoms with Crippen LogP contribution < -0.4 is 5.32 Å². The van der Waals surface area contributed by atoms with E-state index >= 15 is 0 Å². The van der Waals surface area contributed by atoms with Crippen molar-refractivity contribution in [2.45, 2.75) is 40.0 Å². The van der Waals surface area contributed by atoms with E-state index in [2.05, 4.69) is 19.2 Å². The summed E-state index contributed by atoms with van der Waals surface area (Å²) >= 11 is 0. The topological polar surface area (TPSA) is 55.4 Å². The van der Waals surface area contributed by atoms with E-state index in [1.807, 2.05) is 0 Å². The average molecular weight is 229 g/mol. The molecule has 0 aromatic carbocycles. The second-order valence-electron chi connectivity index (χ2n) is 4.37. The Hall–Kier alpha value is -0.900. The van der Waals surface area contributed by atoms with Crippen LogP contribution in [0.1, 0.15) is 40.0 Å². The van der Waals surface area contributed by atoms with E-state index in [4.69, 9.17) is 4.74 Å². The minimum absolute atomic E-state index is 0.0513. The Labute approximate surface area is 97.7 Å². The Morgan fingerprint density at radius 1 is 1.25 bits per heavy atom. The summed E-state index contributed by atoms with van der Waals surface area (Å²) in [6.45, 7) is 7.75. The standard InChI is InChI=1S/C12H23NO3/c1-10(2)9-16-8-4-7-13-12(15)6-5-11(3)14/h10H,4-9H2,1-3H3,(H,13,15). The van der Waals surface area contributed by atoms with Crippen molar-refractivity contribution in [1.82, 2.24) is 5.32 Å². The second kappa shape index (κ2) is 9.33. The molecule has 0 rings (SSSR count). The van der Waals surface area contributed by atoms with Crippen molar-refractivity contribution < 1.29 is 14.3 Å². The van der Waals surface area contributed by atoms with Crippen molar-refractivity contribution in [3.05, 3.63) is 0 Å². The first kappa shape index (κ1) is 15.1. The summed E-state index contributed by atoms with van der Waals surface area (Å²) in [5, 5.41) is 2.75. The zero-order valence-electron chi connectivity index (χ0n) is 10.5. The molecule has 0 bridgehead atoms. The summed E-state index contributed by atoms with van der Waals surface area (Å²) in [5.74, 6) is 0.541. The molecule has 1 amide bonds. The maximum atomic E-state index is 11.2. The van der Waals surface area contributed by atoms with E-state index in [1.165, 1.54) is 6.92 Å². The first-order valence-electron chi connectivity index (χ1n) is 5.86. The average Bonchev–Trinajstić information content (AvgIpc) is 2.19. The van der Waals surface area contributed by atoms with Crippen LogP contribution in [-0.4, -0.2) is 31.4 Å². The Balaban J connectivity index is 3.24. The Morgan fingerprint density at radius 3 is 2.50 bits per heavy atom. The summed E-state index contributed by atoms with van der Waals surface area (Å²) in [5.41, 5.74) is 0. The van der Waals surface area contributed by atoms with Crippen molar-refractivity contribution in [1.29, 1.82) is 0 Å². The van der Waals surface area contributed by atoms with Gasteiger partial charge in [-0.15, -0.1) is 0 Å². The van der Waals surface area contributed by atoms with Crippen molar-refractivity contribution in [2.24, 2.45) is 5.92 Å². The molecule has 94 valence electrons. The van der Waals surface area contributed by atoms with Crippen LogP contribution >= 0.6 is 0 Å². The van der Waals surface area contributed by atoms with Crippen LogP contribution in [0.25, 0.3) is 0 Å². The van der Waals surface area contributed by atoms with E-state index in [0.717, 1.165) is 13.0 Å². The molecule has 0 atom stereocenters. The van der Waals surface area contributed by atoms with Crippen LogP contribution in [0.15, 0.2) is 0 Å². The van der Waals surface area contributed by atoms with Crippen LogP contribution in [0.3, 0.4) is 0 Å². The van der Waals surface area contributed by atoms with Crippen LogP contribution in [0.2, 0.25) is 0 Å².